The summed E-state index contributed by atoms with van der Waals surface area (Å²) in [4.78, 5) is 101. The van der Waals surface area contributed by atoms with Crippen molar-refractivity contribution in [2.75, 3.05) is 26.1 Å². The van der Waals surface area contributed by atoms with Crippen molar-refractivity contribution in [3.63, 3.8) is 0 Å². The van der Waals surface area contributed by atoms with E-state index in [0.717, 1.165) is 67.6 Å². The Balaban J connectivity index is 0.00000155. The first-order valence-corrected chi connectivity index (χ1v) is 45.9. The number of carbonyl (C=O) groups is 8. The number of carbonyl (C=O) groups excluding carboxylic acids is 7. The number of hydrogen-bond acceptors (Lipinski definition) is 15. The van der Waals surface area contributed by atoms with Gasteiger partial charge in [0.25, 0.3) is 0 Å². The fourth-order valence-corrected chi connectivity index (χ4v) is 15.8. The average Bonchev–Trinajstić information content (AvgIpc) is 1.60. The van der Waals surface area contributed by atoms with Crippen LogP contribution < -0.4 is 39.4 Å². The van der Waals surface area contributed by atoms with Crippen LogP contribution in [-0.4, -0.2) is 129 Å². The number of likely N-dealkylation sites (tertiary alicyclic amines) is 2. The third-order valence-corrected chi connectivity index (χ3v) is 22.8. The third kappa shape index (κ3) is 35.9. The van der Waals surface area contributed by atoms with E-state index in [0.29, 0.717) is 76.5 Å². The molecule has 8 aromatic rings. The second-order valence-corrected chi connectivity index (χ2v) is 35.3. The Morgan fingerprint density at radius 3 is 1.20 bits per heavy atom. The predicted octanol–water partition coefficient (Wildman–Crippen LogP) is 19.8. The number of rotatable bonds is 34. The molecule has 714 valence electrons. The van der Waals surface area contributed by atoms with Crippen molar-refractivity contribution < 1.29 is 91.9 Å². The van der Waals surface area contributed by atoms with Gasteiger partial charge in [-0.15, -0.1) is 38.7 Å². The number of carboxylic acids is 1. The number of ether oxygens (including phenoxy) is 4. The zero-order valence-corrected chi connectivity index (χ0v) is 84.7. The Bertz CT molecular complexity index is 4790. The van der Waals surface area contributed by atoms with E-state index in [-0.39, 0.29) is 121 Å². The monoisotopic (exact) mass is 1890 g/mol. The smallest absolute Gasteiger partial charge is 0.870 e. The van der Waals surface area contributed by atoms with E-state index in [1.165, 1.54) is 42.7 Å². The van der Waals surface area contributed by atoms with Crippen molar-refractivity contribution in [2.24, 2.45) is 5.73 Å². The number of nitrogens with one attached hydrogen (secondary N) is 1. The van der Waals surface area contributed by atoms with Crippen molar-refractivity contribution >= 4 is 75.5 Å². The molecule has 8 aromatic carbocycles. The van der Waals surface area contributed by atoms with Crippen LogP contribution in [0.3, 0.4) is 0 Å². The van der Waals surface area contributed by atoms with E-state index < -0.39 is 39.3 Å². The maximum absolute atomic E-state index is 13.2. The second-order valence-electron chi connectivity index (χ2n) is 34.2. The molecule has 22 heteroatoms. The van der Waals surface area contributed by atoms with Crippen molar-refractivity contribution in [1.82, 2.24) is 15.1 Å². The largest absolute Gasteiger partial charge is 1.00 e. The number of ketones is 2. The number of nitrogens with two attached hydrogens (primary N) is 1. The molecular weight excluding hydrogens is 1740 g/mol. The first-order chi connectivity index (χ1) is 61.2. The molecule has 0 bridgehead atoms. The van der Waals surface area contributed by atoms with Gasteiger partial charge in [0, 0.05) is 49.3 Å². The number of methoxy groups -OCH3 is 2. The topological polar surface area (TPSA) is 288 Å². The summed E-state index contributed by atoms with van der Waals surface area (Å²) in [5.41, 5.74) is 13.9. The molecule has 132 heavy (non-hydrogen) atoms. The molecule has 2 fully saturated rings. The maximum Gasteiger partial charge on any atom is 1.00 e. The van der Waals surface area contributed by atoms with Gasteiger partial charge < -0.3 is 55.5 Å². The Kier molecular flexibility index (Phi) is 56.7. The van der Waals surface area contributed by atoms with Crippen molar-refractivity contribution in [3.05, 3.63) is 324 Å². The van der Waals surface area contributed by atoms with E-state index in [1.54, 1.807) is 25.2 Å². The van der Waals surface area contributed by atoms with Crippen LogP contribution in [0, 0.1) is 27.7 Å². The summed E-state index contributed by atoms with van der Waals surface area (Å²) >= 11 is 3.15. The van der Waals surface area contributed by atoms with E-state index in [4.69, 9.17) is 24.7 Å². The number of nitrogens with zero attached hydrogens (tertiary/aromatic N) is 2. The minimum atomic E-state index is -1.02. The molecule has 0 aromatic heterocycles. The van der Waals surface area contributed by atoms with Gasteiger partial charge in [-0.2, -0.15) is 0 Å². The van der Waals surface area contributed by atoms with E-state index >= 15 is 0 Å². The quantitative estimate of drug-likeness (QED) is 0.0126. The van der Waals surface area contributed by atoms with Crippen LogP contribution in [-0.2, 0) is 88.1 Å². The van der Waals surface area contributed by atoms with Gasteiger partial charge in [0.2, 0.25) is 17.7 Å². The van der Waals surface area contributed by atoms with Crippen LogP contribution in [0.2, 0.25) is 0 Å². The molecule has 2 saturated heterocycles. The van der Waals surface area contributed by atoms with Crippen LogP contribution in [0.15, 0.2) is 257 Å². The Hall–Kier alpha value is -10.3. The standard InChI is InChI=1S/C23H27NO4.C23H27NO3.C17H25NO.C15H20O2.C14H18O2.C13H16O2.C3H9N.C2H5Br.ClH.Li.H2O/c1-16(2)24-21(26)14-23(22(24)27,13-17(3)25)19-9-11-20(12-10-19)28-15-18-7-5-4-6-8-18;1-17(2)24-14-13-23(22(24)26,15-18(3)25)20-9-11-21(12-10-20)27-16-19-7-5-4-6-8-19;1-6-12-17(7-2,16(19)18-13(3)4)15-10-8-14(5)9-11-15;1-5-11-15(6-2,14(16)17-4)13-9-7-12(3)8-10-13;1-4-10-14(5-2,13(15)16)12-8-6-11(3)7-9-12;1-4-5-12(13(14)15-3)11-8-6-10(2)7-9-11;1-3(2)4;1-2-3;;;/h4-12,16,21,26H,13-15H2,1-3H3;4-12,17H,13-16H2,1-3H3;6,8-11,13H,1,7,12H2,2-5H3,(H,18,19);5,7-10H,1,6,11H2,2-4H3;4,6-9H,1,5,10H2,2-3H3,(H,15,16);4,6-9,12H,1,5H2,2-3H3;3H,4H2,1-2H3;2H2,1H3;1H;;1H2/q;;;;;;;;;+1;/p-1. The van der Waals surface area contributed by atoms with Crippen molar-refractivity contribution in [1.29, 1.82) is 0 Å². The van der Waals surface area contributed by atoms with Crippen LogP contribution in [0.1, 0.15) is 240 Å². The van der Waals surface area contributed by atoms with Crippen LogP contribution in [0.25, 0.3) is 0 Å². The van der Waals surface area contributed by atoms with E-state index in [9.17, 15) is 48.6 Å². The van der Waals surface area contributed by atoms with Crippen LogP contribution in [0.4, 0.5) is 0 Å². The zero-order valence-electron chi connectivity index (χ0n) is 82.3. The Morgan fingerprint density at radius 2 is 0.886 bits per heavy atom. The van der Waals surface area contributed by atoms with E-state index in [2.05, 4.69) is 85.7 Å². The fraction of sp³-hybridized carbons (Fsp3) is 0.418. The van der Waals surface area contributed by atoms with Gasteiger partial charge in [0.05, 0.1) is 47.2 Å². The summed E-state index contributed by atoms with van der Waals surface area (Å²) in [6.45, 7) is 51.3. The molecule has 2 aliphatic heterocycles. The number of carboxylic acid groups (broad SMARTS) is 1. The number of allylic oxidation sites excluding steroid dienone is 4. The number of aliphatic hydroxyl groups is 1. The molecule has 0 radical (unpaired) electrons. The zero-order chi connectivity index (χ0) is 96.8. The number of aliphatic hydroxyl groups excluding tert-OH is 1. The maximum atomic E-state index is 13.2. The van der Waals surface area contributed by atoms with Crippen LogP contribution in [0.5, 0.6) is 11.5 Å². The number of aryl methyl sites for hydroxylation is 4. The van der Waals surface area contributed by atoms with Crippen LogP contribution >= 0.6 is 28.3 Å². The van der Waals surface area contributed by atoms with Crippen molar-refractivity contribution in [2.45, 2.75) is 272 Å². The first kappa shape index (κ1) is 122. The number of aliphatic carboxylic acids is 1. The van der Waals surface area contributed by atoms with Gasteiger partial charge in [0.15, 0.2) is 0 Å². The fourth-order valence-electron chi connectivity index (χ4n) is 15.8. The van der Waals surface area contributed by atoms with Gasteiger partial charge in [-0.05, 0) is 209 Å². The van der Waals surface area contributed by atoms with Crippen molar-refractivity contribution in [3.8, 4) is 11.5 Å². The number of benzene rings is 8. The number of esters is 2. The van der Waals surface area contributed by atoms with Gasteiger partial charge in [-0.3, -0.25) is 38.4 Å². The minimum Gasteiger partial charge on any atom is -0.870 e. The molecule has 10 rings (SSSR count). The molecular formula is C110H149BrClLiN4O15. The SMILES string of the molecule is C=CCC(C(=O)OC)c1ccc(C)cc1.C=CCC(CC)(C(=O)NC(C)C)c1ccc(C)cc1.C=CCC(CC)(C(=O)O)c1ccc(C)cc1.C=CCC(CC)(C(=O)OC)c1ccc(C)cc1.CC(=O)CC1(c2ccc(OCc3ccccc3)cc2)CC(O)N(C(C)C)C1=O.CC(=O)CC1(c2ccc(OCc3ccccc3)cc2)CCN(C(C)C)C1=O.CC(C)N.CCBr.Cl.[Li+].[OH-]. The minimum absolute atomic E-state index is 0. The first-order valence-electron chi connectivity index (χ1n) is 44.8. The Morgan fingerprint density at radius 1 is 0.530 bits per heavy atom. The molecule has 19 nitrogen and oxygen atoms in total. The molecule has 7 atom stereocenters. The van der Waals surface area contributed by atoms with Gasteiger partial charge >= 0.3 is 36.8 Å². The van der Waals surface area contributed by atoms with E-state index in [1.807, 2.05) is 290 Å². The van der Waals surface area contributed by atoms with Gasteiger partial charge in [-0.1, -0.05) is 286 Å². The molecule has 0 aliphatic carbocycles. The summed E-state index contributed by atoms with van der Waals surface area (Å²) in [5.74, 6) is -0.0325. The molecule has 0 spiro atoms. The molecule has 7 unspecified atom stereocenters. The summed E-state index contributed by atoms with van der Waals surface area (Å²) in [5, 5.41) is 24.0. The Labute approximate surface area is 815 Å². The predicted molar refractivity (Wildman–Crippen MR) is 538 cm³/mol. The molecule has 3 amide bonds. The summed E-state index contributed by atoms with van der Waals surface area (Å²) in [6, 6.07) is 67.2. The van der Waals surface area contributed by atoms with Gasteiger partial charge in [0.1, 0.15) is 42.5 Å². The normalized spacial score (nSPS) is 15.9. The second kappa shape index (κ2) is 61.5. The summed E-state index contributed by atoms with van der Waals surface area (Å²) in [7, 11) is 2.84. The number of halogens is 2. The average molecular weight is 1890 g/mol. The molecule has 2 aliphatic rings. The summed E-state index contributed by atoms with van der Waals surface area (Å²) in [6.07, 6.45) is 11.7. The summed E-state index contributed by atoms with van der Waals surface area (Å²) < 4.78 is 21.4. The number of amides is 3. The molecule has 2 heterocycles. The van der Waals surface area contributed by atoms with Gasteiger partial charge in [-0.25, -0.2) is 0 Å². The number of hydrogen-bond donors (Lipinski definition) is 4. The molecule has 6 N–H and O–H groups in total. The number of Topliss-reactive ketones (excluding diaryl/α,β-unsaturated/α-hetero) is 2. The molecule has 0 saturated carbocycles. The number of alkyl halides is 1. The third-order valence-electron chi connectivity index (χ3n) is 22.8.